The van der Waals surface area contributed by atoms with E-state index in [1.807, 2.05) is 30.3 Å². The van der Waals surface area contributed by atoms with Crippen molar-refractivity contribution in [3.8, 4) is 5.75 Å². The molecule has 0 spiro atoms. The summed E-state index contributed by atoms with van der Waals surface area (Å²) in [4.78, 5) is 12.4. The summed E-state index contributed by atoms with van der Waals surface area (Å²) in [6.07, 6.45) is 0.706. The first-order chi connectivity index (χ1) is 8.70. The van der Waals surface area contributed by atoms with Gasteiger partial charge in [-0.15, -0.1) is 0 Å². The lowest BCUT2D eigenvalue weighted by molar-refractivity contribution is 0.103. The van der Waals surface area contributed by atoms with Gasteiger partial charge in [-0.1, -0.05) is 29.8 Å². The van der Waals surface area contributed by atoms with E-state index in [0.29, 0.717) is 22.6 Å². The highest BCUT2D eigenvalue weighted by molar-refractivity contribution is 6.31. The van der Waals surface area contributed by atoms with Gasteiger partial charge in [0.2, 0.25) is 0 Å². The number of carbonyl (C=O) groups is 1. The van der Waals surface area contributed by atoms with Gasteiger partial charge in [-0.2, -0.15) is 0 Å². The zero-order valence-electron chi connectivity index (χ0n) is 9.87. The molecule has 3 rings (SSSR count). The van der Waals surface area contributed by atoms with Crippen molar-refractivity contribution in [3.05, 3.63) is 63.7 Å². The highest BCUT2D eigenvalue weighted by Gasteiger charge is 2.25. The second-order valence-electron chi connectivity index (χ2n) is 4.29. The van der Waals surface area contributed by atoms with E-state index in [2.05, 4.69) is 0 Å². The first-order valence-electron chi connectivity index (χ1n) is 5.69. The summed E-state index contributed by atoms with van der Waals surface area (Å²) in [6, 6.07) is 11.0. The van der Waals surface area contributed by atoms with Crippen LogP contribution in [0, 0.1) is 0 Å². The third kappa shape index (κ3) is 1.61. The number of rotatable bonds is 1. The second kappa shape index (κ2) is 4.14. The first-order valence-corrected chi connectivity index (χ1v) is 6.07. The van der Waals surface area contributed by atoms with Crippen molar-refractivity contribution >= 4 is 17.4 Å². The lowest BCUT2D eigenvalue weighted by atomic mass is 9.84. The first kappa shape index (κ1) is 11.3. The Balaban J connectivity index is 2.22. The minimum atomic E-state index is 0.0210. The Hall–Kier alpha value is -1.80. The molecule has 1 aliphatic rings. The van der Waals surface area contributed by atoms with Crippen LogP contribution in [-0.4, -0.2) is 12.9 Å². The normalized spacial score (nSPS) is 12.9. The molecule has 0 atom stereocenters. The zero-order valence-corrected chi connectivity index (χ0v) is 10.6. The van der Waals surface area contributed by atoms with Crippen LogP contribution in [0.15, 0.2) is 36.4 Å². The lowest BCUT2D eigenvalue weighted by Crippen LogP contribution is -2.15. The van der Waals surface area contributed by atoms with Crippen molar-refractivity contribution in [1.29, 1.82) is 0 Å². The van der Waals surface area contributed by atoms with Crippen molar-refractivity contribution < 1.29 is 9.53 Å². The molecule has 0 saturated carbocycles. The fourth-order valence-electron chi connectivity index (χ4n) is 2.40. The molecule has 2 nitrogen and oxygen atoms in total. The standard InChI is InChI=1S/C15H11ClO2/c1-18-14-4-2-3-11-13(14)7-9-5-6-10(16)8-12(9)15(11)17/h2-6,8H,7H2,1H3. The number of halogens is 1. The third-order valence-electron chi connectivity index (χ3n) is 3.28. The molecule has 2 aromatic rings. The molecule has 0 N–H and O–H groups in total. The Kier molecular flexibility index (Phi) is 2.60. The van der Waals surface area contributed by atoms with Gasteiger partial charge in [0.05, 0.1) is 7.11 Å². The van der Waals surface area contributed by atoms with Gasteiger partial charge >= 0.3 is 0 Å². The molecule has 0 fully saturated rings. The van der Waals surface area contributed by atoms with Crippen LogP contribution in [0.25, 0.3) is 0 Å². The monoisotopic (exact) mass is 258 g/mol. The molecule has 2 aromatic carbocycles. The summed E-state index contributed by atoms with van der Waals surface area (Å²) in [5, 5.41) is 0.591. The summed E-state index contributed by atoms with van der Waals surface area (Å²) in [5.74, 6) is 0.786. The summed E-state index contributed by atoms with van der Waals surface area (Å²) in [5.41, 5.74) is 3.37. The predicted octanol–water partition coefficient (Wildman–Crippen LogP) is 3.48. The molecule has 18 heavy (non-hydrogen) atoms. The fraction of sp³-hybridized carbons (Fsp3) is 0.133. The maximum atomic E-state index is 12.4. The van der Waals surface area contributed by atoms with E-state index in [-0.39, 0.29) is 5.78 Å². The van der Waals surface area contributed by atoms with Crippen molar-refractivity contribution in [1.82, 2.24) is 0 Å². The number of ketones is 1. The molecular weight excluding hydrogens is 248 g/mol. The van der Waals surface area contributed by atoms with Gasteiger partial charge in [-0.05, 0) is 23.8 Å². The van der Waals surface area contributed by atoms with Crippen LogP contribution >= 0.6 is 11.6 Å². The van der Waals surface area contributed by atoms with E-state index < -0.39 is 0 Å². The summed E-state index contributed by atoms with van der Waals surface area (Å²) < 4.78 is 5.32. The Morgan fingerprint density at radius 1 is 1.17 bits per heavy atom. The molecule has 1 aliphatic carbocycles. The zero-order chi connectivity index (χ0) is 12.7. The molecule has 0 radical (unpaired) electrons. The number of hydrogen-bond donors (Lipinski definition) is 0. The average molecular weight is 259 g/mol. The number of carbonyl (C=O) groups excluding carboxylic acids is 1. The predicted molar refractivity (Wildman–Crippen MR) is 70.7 cm³/mol. The third-order valence-corrected chi connectivity index (χ3v) is 3.52. The minimum absolute atomic E-state index is 0.0210. The van der Waals surface area contributed by atoms with Crippen LogP contribution in [0.1, 0.15) is 27.0 Å². The number of ether oxygens (including phenoxy) is 1. The average Bonchev–Trinajstić information content (AvgIpc) is 2.39. The SMILES string of the molecule is COc1cccc2c1Cc1ccc(Cl)cc1C2=O. The number of fused-ring (bicyclic) bond motifs is 2. The van der Waals surface area contributed by atoms with Crippen LogP contribution in [-0.2, 0) is 6.42 Å². The highest BCUT2D eigenvalue weighted by atomic mass is 35.5. The summed E-state index contributed by atoms with van der Waals surface area (Å²) in [7, 11) is 1.62. The topological polar surface area (TPSA) is 26.3 Å². The Morgan fingerprint density at radius 3 is 2.78 bits per heavy atom. The van der Waals surface area contributed by atoms with Gasteiger partial charge in [0.25, 0.3) is 0 Å². The van der Waals surface area contributed by atoms with Crippen LogP contribution in [0.5, 0.6) is 5.75 Å². The van der Waals surface area contributed by atoms with E-state index in [0.717, 1.165) is 16.9 Å². The Labute approximate surface area is 110 Å². The van der Waals surface area contributed by atoms with Gasteiger partial charge in [0.1, 0.15) is 5.75 Å². The van der Waals surface area contributed by atoms with Gasteiger partial charge < -0.3 is 4.74 Å². The van der Waals surface area contributed by atoms with Crippen LogP contribution in [0.2, 0.25) is 5.02 Å². The number of hydrogen-bond acceptors (Lipinski definition) is 2. The van der Waals surface area contributed by atoms with Crippen molar-refractivity contribution in [2.45, 2.75) is 6.42 Å². The largest absolute Gasteiger partial charge is 0.496 e. The summed E-state index contributed by atoms with van der Waals surface area (Å²) >= 11 is 5.95. The molecule has 0 aliphatic heterocycles. The van der Waals surface area contributed by atoms with Gasteiger partial charge in [0.15, 0.2) is 5.78 Å². The number of benzene rings is 2. The maximum absolute atomic E-state index is 12.4. The molecule has 0 bridgehead atoms. The fourth-order valence-corrected chi connectivity index (χ4v) is 2.57. The molecule has 0 aromatic heterocycles. The minimum Gasteiger partial charge on any atom is -0.496 e. The number of methoxy groups -OCH3 is 1. The molecule has 0 unspecified atom stereocenters. The van der Waals surface area contributed by atoms with Crippen molar-refractivity contribution in [3.63, 3.8) is 0 Å². The molecular formula is C15H11ClO2. The van der Waals surface area contributed by atoms with Crippen LogP contribution < -0.4 is 4.74 Å². The summed E-state index contributed by atoms with van der Waals surface area (Å²) in [6.45, 7) is 0. The van der Waals surface area contributed by atoms with Crippen LogP contribution in [0.3, 0.4) is 0 Å². The van der Waals surface area contributed by atoms with E-state index in [9.17, 15) is 4.79 Å². The van der Waals surface area contributed by atoms with Crippen molar-refractivity contribution in [2.24, 2.45) is 0 Å². The molecule has 90 valence electrons. The smallest absolute Gasteiger partial charge is 0.193 e. The van der Waals surface area contributed by atoms with E-state index in [1.165, 1.54) is 0 Å². The molecule has 0 saturated heterocycles. The lowest BCUT2D eigenvalue weighted by Gasteiger charge is -2.20. The van der Waals surface area contributed by atoms with Crippen molar-refractivity contribution in [2.75, 3.05) is 7.11 Å². The molecule has 3 heteroatoms. The Morgan fingerprint density at radius 2 is 2.00 bits per heavy atom. The van der Waals surface area contributed by atoms with E-state index in [1.54, 1.807) is 13.2 Å². The molecule has 0 heterocycles. The highest BCUT2D eigenvalue weighted by Crippen LogP contribution is 2.33. The quantitative estimate of drug-likeness (QED) is 0.668. The van der Waals surface area contributed by atoms with Gasteiger partial charge in [0, 0.05) is 28.1 Å². The van der Waals surface area contributed by atoms with E-state index >= 15 is 0 Å². The van der Waals surface area contributed by atoms with Gasteiger partial charge in [-0.3, -0.25) is 4.79 Å². The molecule has 0 amide bonds. The van der Waals surface area contributed by atoms with E-state index in [4.69, 9.17) is 16.3 Å². The Bertz CT molecular complexity index is 647. The van der Waals surface area contributed by atoms with Crippen LogP contribution in [0.4, 0.5) is 0 Å². The second-order valence-corrected chi connectivity index (χ2v) is 4.73. The van der Waals surface area contributed by atoms with Gasteiger partial charge in [-0.25, -0.2) is 0 Å². The maximum Gasteiger partial charge on any atom is 0.193 e.